The van der Waals surface area contributed by atoms with Crippen LogP contribution < -0.4 is 15.2 Å². The minimum atomic E-state index is -1.07. The summed E-state index contributed by atoms with van der Waals surface area (Å²) in [6.45, 7) is 18.5. The highest BCUT2D eigenvalue weighted by atomic mass is 16.7. The van der Waals surface area contributed by atoms with Crippen molar-refractivity contribution in [2.75, 3.05) is 0 Å². The first-order chi connectivity index (χ1) is 17.1. The highest BCUT2D eigenvalue weighted by Crippen LogP contribution is 2.33. The third-order valence-corrected chi connectivity index (χ3v) is 5.03. The predicted octanol–water partition coefficient (Wildman–Crippen LogP) is 4.73. The summed E-state index contributed by atoms with van der Waals surface area (Å²) in [5.41, 5.74) is 4.31. The molecule has 0 saturated carbocycles. The number of hydrogen-bond donors (Lipinski definition) is 1. The zero-order valence-corrected chi connectivity index (χ0v) is 24.4. The van der Waals surface area contributed by atoms with Crippen LogP contribution in [-0.2, 0) is 35.0 Å². The summed E-state index contributed by atoms with van der Waals surface area (Å²) >= 11 is 0. The summed E-state index contributed by atoms with van der Waals surface area (Å²) < 4.78 is 26.7. The highest BCUT2D eigenvalue weighted by molar-refractivity contribution is 5.81. The van der Waals surface area contributed by atoms with Gasteiger partial charge in [0.1, 0.15) is 23.9 Å². The normalized spacial score (nSPS) is 14.5. The first-order valence-corrected chi connectivity index (χ1v) is 12.5. The Hall–Kier alpha value is -3.14. The number of benzene rings is 1. The van der Waals surface area contributed by atoms with Gasteiger partial charge in [-0.15, -0.1) is 0 Å². The molecule has 0 spiro atoms. The zero-order valence-electron chi connectivity index (χ0n) is 24.4. The van der Waals surface area contributed by atoms with E-state index in [9.17, 15) is 19.2 Å². The second-order valence-electron chi connectivity index (χ2n) is 12.3. The van der Waals surface area contributed by atoms with Crippen LogP contribution in [0.1, 0.15) is 81.7 Å². The molecule has 38 heavy (non-hydrogen) atoms. The smallest absolute Gasteiger partial charge is 0.458 e. The molecule has 3 atom stereocenters. The molecule has 1 aromatic carbocycles. The van der Waals surface area contributed by atoms with Gasteiger partial charge in [0, 0.05) is 0 Å². The van der Waals surface area contributed by atoms with Crippen LogP contribution in [0.15, 0.2) is 18.2 Å². The van der Waals surface area contributed by atoms with Gasteiger partial charge in [0.15, 0.2) is 11.5 Å². The van der Waals surface area contributed by atoms with Crippen LogP contribution in [0.4, 0.5) is 4.79 Å². The van der Waals surface area contributed by atoms with Crippen molar-refractivity contribution in [3.63, 3.8) is 0 Å². The Labute approximate surface area is 225 Å². The lowest BCUT2D eigenvalue weighted by atomic mass is 9.97. The summed E-state index contributed by atoms with van der Waals surface area (Å²) in [5, 5.41) is 0. The second-order valence-corrected chi connectivity index (χ2v) is 12.3. The molecule has 1 aromatic rings. The van der Waals surface area contributed by atoms with Gasteiger partial charge in [-0.3, -0.25) is 14.4 Å². The lowest BCUT2D eigenvalue weighted by Crippen LogP contribution is -2.40. The Balaban J connectivity index is 2.98. The summed E-state index contributed by atoms with van der Waals surface area (Å²) in [7, 11) is 0. The Bertz CT molecular complexity index is 1010. The van der Waals surface area contributed by atoms with E-state index >= 15 is 0 Å². The van der Waals surface area contributed by atoms with Crippen LogP contribution in [-0.4, -0.2) is 47.9 Å². The van der Waals surface area contributed by atoms with Gasteiger partial charge in [0.25, 0.3) is 0 Å². The van der Waals surface area contributed by atoms with Crippen LogP contribution in [0.5, 0.6) is 11.5 Å². The average molecular weight is 538 g/mol. The monoisotopic (exact) mass is 537 g/mol. The molecule has 0 aromatic heterocycles. The van der Waals surface area contributed by atoms with Crippen molar-refractivity contribution in [2.45, 2.75) is 106 Å². The minimum absolute atomic E-state index is 0.0355. The molecule has 0 fully saturated rings. The number of esters is 3. The maximum Gasteiger partial charge on any atom is 0.509 e. The topological polar surface area (TPSA) is 140 Å². The van der Waals surface area contributed by atoms with E-state index in [0.29, 0.717) is 5.56 Å². The third kappa shape index (κ3) is 11.1. The Morgan fingerprint density at radius 2 is 1.24 bits per heavy atom. The van der Waals surface area contributed by atoms with Crippen LogP contribution in [0.3, 0.4) is 0 Å². The molecule has 0 aliphatic rings. The van der Waals surface area contributed by atoms with Gasteiger partial charge in [0.2, 0.25) is 0 Å². The lowest BCUT2D eigenvalue weighted by Gasteiger charge is -2.25. The number of nitrogens with two attached hydrogens (primary N) is 1. The molecule has 10 nitrogen and oxygen atoms in total. The van der Waals surface area contributed by atoms with Crippen molar-refractivity contribution in [2.24, 2.45) is 16.6 Å². The van der Waals surface area contributed by atoms with Crippen molar-refractivity contribution in [1.29, 1.82) is 0 Å². The molecule has 0 aliphatic heterocycles. The molecule has 0 unspecified atom stereocenters. The molecule has 214 valence electrons. The van der Waals surface area contributed by atoms with E-state index in [0.717, 1.165) is 0 Å². The molecular formula is C28H43NO9. The van der Waals surface area contributed by atoms with E-state index in [2.05, 4.69) is 0 Å². The van der Waals surface area contributed by atoms with Crippen molar-refractivity contribution >= 4 is 24.1 Å². The van der Waals surface area contributed by atoms with Crippen LogP contribution in [0, 0.1) is 10.8 Å². The minimum Gasteiger partial charge on any atom is -0.458 e. The van der Waals surface area contributed by atoms with Gasteiger partial charge in [-0.05, 0) is 100 Å². The van der Waals surface area contributed by atoms with E-state index in [1.54, 1.807) is 82.2 Å². The predicted molar refractivity (Wildman–Crippen MR) is 141 cm³/mol. The summed E-state index contributed by atoms with van der Waals surface area (Å²) in [5.74, 6) is -1.64. The van der Waals surface area contributed by atoms with Crippen molar-refractivity contribution in [1.82, 2.24) is 0 Å². The van der Waals surface area contributed by atoms with Crippen molar-refractivity contribution in [3.05, 3.63) is 23.8 Å². The zero-order chi connectivity index (χ0) is 29.6. The molecule has 0 radical (unpaired) electrons. The van der Waals surface area contributed by atoms with Crippen molar-refractivity contribution < 1.29 is 42.9 Å². The van der Waals surface area contributed by atoms with Gasteiger partial charge in [0.05, 0.1) is 10.8 Å². The maximum atomic E-state index is 12.6. The molecule has 2 N–H and O–H groups in total. The van der Waals surface area contributed by atoms with Gasteiger partial charge < -0.3 is 29.4 Å². The second kappa shape index (κ2) is 12.6. The summed E-state index contributed by atoms with van der Waals surface area (Å²) in [4.78, 5) is 49.5. The number of carbonyl (C=O) groups excluding carboxylic acids is 4. The molecular weight excluding hydrogens is 494 g/mol. The van der Waals surface area contributed by atoms with E-state index < -0.39 is 58.7 Å². The largest absolute Gasteiger partial charge is 0.509 e. The van der Waals surface area contributed by atoms with Gasteiger partial charge in [-0.2, -0.15) is 0 Å². The quantitative estimate of drug-likeness (QED) is 0.365. The highest BCUT2D eigenvalue weighted by Gasteiger charge is 2.30. The van der Waals surface area contributed by atoms with Crippen LogP contribution in [0.25, 0.3) is 0 Å². The third-order valence-electron chi connectivity index (χ3n) is 5.03. The first-order valence-electron chi connectivity index (χ1n) is 12.5. The molecule has 0 heterocycles. The Morgan fingerprint density at radius 1 is 0.763 bits per heavy atom. The van der Waals surface area contributed by atoms with Gasteiger partial charge in [-0.25, -0.2) is 4.79 Å². The molecule has 0 amide bonds. The van der Waals surface area contributed by atoms with Crippen molar-refractivity contribution in [3.8, 4) is 11.5 Å². The lowest BCUT2D eigenvalue weighted by molar-refractivity contribution is -0.156. The standard InChI is InChI=1S/C28H43NO9/c1-16(17(2)35-25(33)38-28(9,10)11)34-22(30)19(29)14-18-12-13-20(36-23(31)26(3,4)5)21(15-18)37-24(32)27(6,7)8/h12-13,15-17,19H,14,29H2,1-11H3/t16-,17-,19-/m0/s1. The van der Waals surface area contributed by atoms with E-state index in [1.807, 2.05) is 0 Å². The maximum absolute atomic E-state index is 12.6. The fourth-order valence-electron chi connectivity index (χ4n) is 2.57. The SMILES string of the molecule is C[C@H](OC(=O)OC(C)(C)C)[C@H](C)OC(=O)[C@@H](N)Cc1ccc(OC(=O)C(C)(C)C)c(OC(=O)C(C)(C)C)c1. The van der Waals surface area contributed by atoms with E-state index in [4.69, 9.17) is 29.4 Å². The van der Waals surface area contributed by atoms with Crippen LogP contribution >= 0.6 is 0 Å². The fourth-order valence-corrected chi connectivity index (χ4v) is 2.57. The van der Waals surface area contributed by atoms with Gasteiger partial charge in [-0.1, -0.05) is 6.07 Å². The molecule has 10 heteroatoms. The number of rotatable bonds is 8. The fraction of sp³-hybridized carbons (Fsp3) is 0.643. The number of carbonyl (C=O) groups is 4. The molecule has 0 bridgehead atoms. The van der Waals surface area contributed by atoms with E-state index in [1.165, 1.54) is 12.1 Å². The van der Waals surface area contributed by atoms with Gasteiger partial charge >= 0.3 is 24.1 Å². The molecule has 0 saturated heterocycles. The molecule has 0 aliphatic carbocycles. The molecule has 1 rings (SSSR count). The average Bonchev–Trinajstić information content (AvgIpc) is 2.72. The Kier molecular flexibility index (Phi) is 10.9. The first kappa shape index (κ1) is 32.9. The number of ether oxygens (including phenoxy) is 5. The summed E-state index contributed by atoms with van der Waals surface area (Å²) in [6.07, 6.45) is -2.40. The Morgan fingerprint density at radius 3 is 1.71 bits per heavy atom. The van der Waals surface area contributed by atoms with E-state index in [-0.39, 0.29) is 17.9 Å². The summed E-state index contributed by atoms with van der Waals surface area (Å²) in [6, 6.07) is 3.53. The van der Waals surface area contributed by atoms with Crippen LogP contribution in [0.2, 0.25) is 0 Å². The number of hydrogen-bond acceptors (Lipinski definition) is 10.